The van der Waals surface area contributed by atoms with Gasteiger partial charge in [-0.15, -0.1) is 0 Å². The largest absolute Gasteiger partial charge is 0.490 e. The summed E-state index contributed by atoms with van der Waals surface area (Å²) in [6.07, 6.45) is 5.76. The van der Waals surface area contributed by atoms with Gasteiger partial charge in [-0.25, -0.2) is 15.0 Å². The van der Waals surface area contributed by atoms with Crippen LogP contribution in [0.2, 0.25) is 0 Å². The number of aryl methyl sites for hydroxylation is 1. The molecule has 0 radical (unpaired) electrons. The number of aromatic nitrogens is 2. The molecule has 0 spiro atoms. The first-order valence-electron chi connectivity index (χ1n) is 6.89. The van der Waals surface area contributed by atoms with Crippen molar-refractivity contribution in [2.45, 2.75) is 27.2 Å². The molecule has 122 valence electrons. The molecule has 1 rings (SSSR count). The van der Waals surface area contributed by atoms with Crippen molar-refractivity contribution in [1.82, 2.24) is 15.3 Å². The van der Waals surface area contributed by atoms with Crippen molar-refractivity contribution in [1.29, 1.82) is 0 Å². The fraction of sp³-hybridized carbons (Fsp3) is 0.500. The molecule has 3 N–H and O–H groups in total. The number of nitrogens with zero attached hydrogens (tertiary/aromatic N) is 5. The van der Waals surface area contributed by atoms with E-state index in [9.17, 15) is 0 Å². The Kier molecular flexibility index (Phi) is 10.9. The van der Waals surface area contributed by atoms with Gasteiger partial charge in [-0.2, -0.15) is 0 Å². The Bertz CT molecular complexity index is 494. The van der Waals surface area contributed by atoms with E-state index in [0.29, 0.717) is 5.96 Å². The molecule has 0 saturated heterocycles. The summed E-state index contributed by atoms with van der Waals surface area (Å²) in [6, 6.07) is 0. The van der Waals surface area contributed by atoms with E-state index in [2.05, 4.69) is 37.2 Å². The van der Waals surface area contributed by atoms with E-state index in [-0.39, 0.29) is 0 Å². The Morgan fingerprint density at radius 2 is 2.00 bits per heavy atom. The predicted molar refractivity (Wildman–Crippen MR) is 90.8 cm³/mol. The molecule has 8 heteroatoms. The minimum atomic E-state index is 0.290. The highest BCUT2D eigenvalue weighted by atomic mass is 16.5. The number of amidine groups is 1. The lowest BCUT2D eigenvalue weighted by Gasteiger charge is -2.01. The maximum atomic E-state index is 5.40. The zero-order chi connectivity index (χ0) is 16.8. The smallest absolute Gasteiger partial charge is 0.200 e. The minimum absolute atomic E-state index is 0.290. The van der Waals surface area contributed by atoms with Gasteiger partial charge >= 0.3 is 0 Å². The average molecular weight is 307 g/mol. The Balaban J connectivity index is 0.000000401. The molecule has 8 nitrogen and oxygen atoms in total. The molecule has 0 aliphatic rings. The van der Waals surface area contributed by atoms with Crippen LogP contribution in [-0.4, -0.2) is 48.8 Å². The average Bonchev–Trinajstić information content (AvgIpc) is 2.53. The number of nitrogens with two attached hydrogens (primary N) is 1. The summed E-state index contributed by atoms with van der Waals surface area (Å²) in [4.78, 5) is 19.2. The van der Waals surface area contributed by atoms with Gasteiger partial charge < -0.3 is 15.8 Å². The van der Waals surface area contributed by atoms with Gasteiger partial charge in [0, 0.05) is 14.1 Å². The normalized spacial score (nSPS) is 11.9. The number of hydrogen-bond acceptors (Lipinski definition) is 5. The second kappa shape index (κ2) is 12.2. The summed E-state index contributed by atoms with van der Waals surface area (Å²) >= 11 is 0. The molecule has 0 fully saturated rings. The molecular weight excluding hydrogens is 282 g/mol. The summed E-state index contributed by atoms with van der Waals surface area (Å²) in [5.41, 5.74) is 5.40. The van der Waals surface area contributed by atoms with Gasteiger partial charge in [0.25, 0.3) is 0 Å². The summed E-state index contributed by atoms with van der Waals surface area (Å²) in [6.45, 7) is 6.44. The zero-order valence-corrected chi connectivity index (χ0v) is 13.9. The van der Waals surface area contributed by atoms with Gasteiger partial charge in [-0.05, 0) is 20.3 Å². The van der Waals surface area contributed by atoms with E-state index >= 15 is 0 Å². The molecule has 1 aromatic rings. The van der Waals surface area contributed by atoms with E-state index in [1.807, 2.05) is 6.92 Å². The molecule has 0 atom stereocenters. The quantitative estimate of drug-likeness (QED) is 0.641. The summed E-state index contributed by atoms with van der Waals surface area (Å²) in [5.74, 6) is 2.53. The fourth-order valence-electron chi connectivity index (χ4n) is 1.07. The summed E-state index contributed by atoms with van der Waals surface area (Å²) in [5, 5.41) is 2.75. The van der Waals surface area contributed by atoms with Crippen LogP contribution in [0.3, 0.4) is 0 Å². The highest BCUT2D eigenvalue weighted by Crippen LogP contribution is 2.05. The van der Waals surface area contributed by atoms with Crippen LogP contribution in [0.1, 0.15) is 26.1 Å². The molecule has 22 heavy (non-hydrogen) atoms. The number of hydrogen-bond donors (Lipinski definition) is 2. The Morgan fingerprint density at radius 3 is 2.50 bits per heavy atom. The second-order valence-corrected chi connectivity index (χ2v) is 4.14. The van der Waals surface area contributed by atoms with Gasteiger partial charge in [0.1, 0.15) is 12.2 Å². The lowest BCUT2D eigenvalue weighted by Crippen LogP contribution is -2.35. The zero-order valence-electron chi connectivity index (χ0n) is 13.9. The third kappa shape index (κ3) is 10.3. The van der Waals surface area contributed by atoms with Crippen LogP contribution in [0.25, 0.3) is 0 Å². The predicted octanol–water partition coefficient (Wildman–Crippen LogP) is 1.17. The standard InChI is InChI=1S/C8H12N2O.C6H13N5/c1-3-4-11-8-5-9-7(2)10-6-8;1-5(9-3)11-6(7)10-4-8-2/h5-6H,3-4H2,1-2H3;4H,1-3H3,(H3,7,8,9,10,11). The number of rotatable bonds is 4. The highest BCUT2D eigenvalue weighted by molar-refractivity contribution is 6.00. The van der Waals surface area contributed by atoms with Gasteiger partial charge in [0.2, 0.25) is 0 Å². The lowest BCUT2D eigenvalue weighted by atomic mass is 10.5. The Morgan fingerprint density at radius 1 is 1.36 bits per heavy atom. The van der Waals surface area contributed by atoms with Gasteiger partial charge in [-0.3, -0.25) is 9.98 Å². The van der Waals surface area contributed by atoms with Crippen molar-refractivity contribution in [3.05, 3.63) is 18.2 Å². The molecule has 1 aromatic heterocycles. The van der Waals surface area contributed by atoms with E-state index in [1.54, 1.807) is 33.4 Å². The molecule has 0 aromatic carbocycles. The maximum absolute atomic E-state index is 5.40. The summed E-state index contributed by atoms with van der Waals surface area (Å²) in [7, 11) is 3.29. The minimum Gasteiger partial charge on any atom is -0.490 e. The molecule has 0 saturated carbocycles. The second-order valence-electron chi connectivity index (χ2n) is 4.14. The highest BCUT2D eigenvalue weighted by Gasteiger charge is 1.92. The first kappa shape index (κ1) is 19.5. The lowest BCUT2D eigenvalue weighted by molar-refractivity contribution is 0.314. The fourth-order valence-corrected chi connectivity index (χ4v) is 1.07. The van der Waals surface area contributed by atoms with Crippen molar-refractivity contribution in [3.8, 4) is 5.75 Å². The van der Waals surface area contributed by atoms with E-state index in [4.69, 9.17) is 10.5 Å². The molecule has 0 unspecified atom stereocenters. The SMILES string of the molecule is CCCOc1cnc(C)nc1.CN=CN=C(N)NC(C)=NC. The van der Waals surface area contributed by atoms with Gasteiger partial charge in [-0.1, -0.05) is 6.92 Å². The topological polar surface area (TPSA) is 110 Å². The maximum Gasteiger partial charge on any atom is 0.200 e. The molecule has 0 bridgehead atoms. The van der Waals surface area contributed by atoms with E-state index in [1.165, 1.54) is 6.34 Å². The van der Waals surface area contributed by atoms with Crippen molar-refractivity contribution >= 4 is 18.1 Å². The number of guanidine groups is 1. The van der Waals surface area contributed by atoms with Crippen LogP contribution in [0.4, 0.5) is 0 Å². The van der Waals surface area contributed by atoms with Crippen LogP contribution in [0, 0.1) is 6.92 Å². The van der Waals surface area contributed by atoms with Crippen LogP contribution in [0.15, 0.2) is 27.4 Å². The van der Waals surface area contributed by atoms with Crippen molar-refractivity contribution in [2.24, 2.45) is 20.7 Å². The molecule has 0 amide bonds. The van der Waals surface area contributed by atoms with Crippen LogP contribution in [0.5, 0.6) is 5.75 Å². The molecule has 0 aliphatic carbocycles. The first-order chi connectivity index (χ1) is 10.5. The van der Waals surface area contributed by atoms with Crippen LogP contribution < -0.4 is 15.8 Å². The van der Waals surface area contributed by atoms with E-state index in [0.717, 1.165) is 30.4 Å². The Hall–Kier alpha value is -2.51. The van der Waals surface area contributed by atoms with Gasteiger partial charge in [0.15, 0.2) is 11.7 Å². The van der Waals surface area contributed by atoms with Gasteiger partial charge in [0.05, 0.1) is 24.8 Å². The van der Waals surface area contributed by atoms with Crippen molar-refractivity contribution in [2.75, 3.05) is 20.7 Å². The summed E-state index contributed by atoms with van der Waals surface area (Å²) < 4.78 is 5.29. The third-order valence-corrected chi connectivity index (χ3v) is 2.19. The Labute approximate surface area is 131 Å². The number of aliphatic imine (C=N–C) groups is 3. The third-order valence-electron chi connectivity index (χ3n) is 2.19. The van der Waals surface area contributed by atoms with E-state index < -0.39 is 0 Å². The van der Waals surface area contributed by atoms with Crippen molar-refractivity contribution < 1.29 is 4.74 Å². The molecule has 1 heterocycles. The molecular formula is C14H25N7O. The van der Waals surface area contributed by atoms with Crippen LogP contribution >= 0.6 is 0 Å². The number of ether oxygens (including phenoxy) is 1. The monoisotopic (exact) mass is 307 g/mol. The van der Waals surface area contributed by atoms with Crippen molar-refractivity contribution in [3.63, 3.8) is 0 Å². The molecule has 0 aliphatic heterocycles. The number of nitrogens with one attached hydrogen (secondary N) is 1. The first-order valence-corrected chi connectivity index (χ1v) is 6.89. The van der Waals surface area contributed by atoms with Crippen LogP contribution in [-0.2, 0) is 0 Å².